The zero-order valence-corrected chi connectivity index (χ0v) is 14.1. The average molecular weight is 337 g/mol. The second kappa shape index (κ2) is 4.92. The molecule has 3 aromatic rings. The lowest BCUT2D eigenvalue weighted by Gasteiger charge is -2.09. The number of carbonyl (C=O) groups is 1. The van der Waals surface area contributed by atoms with Gasteiger partial charge in [-0.2, -0.15) is 0 Å². The lowest BCUT2D eigenvalue weighted by Crippen LogP contribution is -2.12. The summed E-state index contributed by atoms with van der Waals surface area (Å²) in [7, 11) is -3.76. The Morgan fingerprint density at radius 1 is 0.917 bits per heavy atom. The van der Waals surface area contributed by atoms with Crippen molar-refractivity contribution in [1.82, 2.24) is 3.97 Å². The maximum atomic E-state index is 13.1. The Kier molecular flexibility index (Phi) is 3.05. The van der Waals surface area contributed by atoms with Crippen LogP contribution >= 0.6 is 0 Å². The summed E-state index contributed by atoms with van der Waals surface area (Å²) in [5, 5.41) is 0.698. The highest BCUT2D eigenvalue weighted by molar-refractivity contribution is 7.90. The zero-order valence-electron chi connectivity index (χ0n) is 13.3. The molecule has 4 nitrogen and oxygen atoms in total. The van der Waals surface area contributed by atoms with Crippen LogP contribution in [0.15, 0.2) is 53.6 Å². The molecule has 4 rings (SSSR count). The van der Waals surface area contributed by atoms with Gasteiger partial charge in [0.05, 0.1) is 10.4 Å². The van der Waals surface area contributed by atoms with Crippen molar-refractivity contribution in [3.8, 4) is 0 Å². The fourth-order valence-corrected chi connectivity index (χ4v) is 4.46. The monoisotopic (exact) mass is 337 g/mol. The molecule has 24 heavy (non-hydrogen) atoms. The van der Waals surface area contributed by atoms with Gasteiger partial charge in [0.2, 0.25) is 0 Å². The van der Waals surface area contributed by atoms with E-state index in [-0.39, 0.29) is 10.7 Å². The number of benzene rings is 2. The first-order valence-electron chi connectivity index (χ1n) is 7.58. The van der Waals surface area contributed by atoms with Gasteiger partial charge in [0.15, 0.2) is 5.78 Å². The van der Waals surface area contributed by atoms with Crippen LogP contribution in [-0.2, 0) is 10.0 Å². The summed E-state index contributed by atoms with van der Waals surface area (Å²) < 4.78 is 27.4. The van der Waals surface area contributed by atoms with Crippen LogP contribution in [-0.4, -0.2) is 18.2 Å². The van der Waals surface area contributed by atoms with Crippen LogP contribution in [0.5, 0.6) is 0 Å². The number of allylic oxidation sites excluding steroid dienone is 1. The third kappa shape index (κ3) is 2.05. The van der Waals surface area contributed by atoms with E-state index in [1.807, 2.05) is 19.9 Å². The molecule has 1 aromatic heterocycles. The third-order valence-corrected chi connectivity index (χ3v) is 5.99. The Bertz CT molecular complexity index is 1130. The van der Waals surface area contributed by atoms with Gasteiger partial charge in [-0.25, -0.2) is 12.4 Å². The van der Waals surface area contributed by atoms with Gasteiger partial charge in [0, 0.05) is 17.1 Å². The number of aromatic nitrogens is 1. The van der Waals surface area contributed by atoms with Crippen LogP contribution in [0.3, 0.4) is 0 Å². The van der Waals surface area contributed by atoms with E-state index < -0.39 is 10.0 Å². The highest BCUT2D eigenvalue weighted by Crippen LogP contribution is 2.33. The summed E-state index contributed by atoms with van der Waals surface area (Å²) in [4.78, 5) is 12.4. The molecular formula is C19H15NO3S. The van der Waals surface area contributed by atoms with Crippen molar-refractivity contribution in [2.24, 2.45) is 0 Å². The van der Waals surface area contributed by atoms with Crippen LogP contribution < -0.4 is 0 Å². The average Bonchev–Trinajstić information content (AvgIpc) is 2.93. The molecule has 0 unspecified atom stereocenters. The molecule has 0 N–H and O–H groups in total. The predicted molar refractivity (Wildman–Crippen MR) is 93.8 cm³/mol. The van der Waals surface area contributed by atoms with E-state index in [1.54, 1.807) is 36.4 Å². The number of hydrogen-bond donors (Lipinski definition) is 0. The maximum Gasteiger partial charge on any atom is 0.268 e. The van der Waals surface area contributed by atoms with Crippen LogP contribution in [0, 0.1) is 13.8 Å². The molecular weight excluding hydrogens is 322 g/mol. The lowest BCUT2D eigenvalue weighted by atomic mass is 9.96. The van der Waals surface area contributed by atoms with E-state index in [4.69, 9.17) is 0 Å². The molecule has 2 aromatic carbocycles. The molecule has 0 aliphatic heterocycles. The number of nitrogens with zero attached hydrogens (tertiary/aromatic N) is 1. The first-order chi connectivity index (χ1) is 11.4. The first-order valence-corrected chi connectivity index (χ1v) is 9.02. The molecule has 0 atom stereocenters. The van der Waals surface area contributed by atoms with E-state index in [1.165, 1.54) is 16.2 Å². The molecule has 5 heteroatoms. The minimum atomic E-state index is -3.76. The quantitative estimate of drug-likeness (QED) is 0.716. The smallest absolute Gasteiger partial charge is 0.268 e. The molecule has 0 radical (unpaired) electrons. The minimum absolute atomic E-state index is 0.172. The van der Waals surface area contributed by atoms with Gasteiger partial charge in [0.25, 0.3) is 10.0 Å². The van der Waals surface area contributed by atoms with Crippen LogP contribution in [0.2, 0.25) is 0 Å². The van der Waals surface area contributed by atoms with Crippen LogP contribution in [0.1, 0.15) is 27.0 Å². The van der Waals surface area contributed by atoms with Gasteiger partial charge < -0.3 is 0 Å². The Morgan fingerprint density at radius 2 is 1.62 bits per heavy atom. The van der Waals surface area contributed by atoms with Gasteiger partial charge >= 0.3 is 0 Å². The van der Waals surface area contributed by atoms with Crippen molar-refractivity contribution in [2.45, 2.75) is 18.7 Å². The fourth-order valence-electron chi connectivity index (χ4n) is 3.11. The van der Waals surface area contributed by atoms with E-state index >= 15 is 0 Å². The number of carbonyl (C=O) groups excluding carboxylic acids is 1. The number of rotatable bonds is 2. The van der Waals surface area contributed by atoms with Gasteiger partial charge in [-0.05, 0) is 49.2 Å². The molecule has 0 saturated carbocycles. The van der Waals surface area contributed by atoms with E-state index in [0.29, 0.717) is 16.5 Å². The largest absolute Gasteiger partial charge is 0.289 e. The first kappa shape index (κ1) is 14.9. The molecule has 1 aliphatic rings. The Labute approximate surface area is 140 Å². The van der Waals surface area contributed by atoms with Crippen molar-refractivity contribution in [2.75, 3.05) is 0 Å². The molecule has 0 spiro atoms. The molecule has 120 valence electrons. The van der Waals surface area contributed by atoms with E-state index in [9.17, 15) is 13.2 Å². The van der Waals surface area contributed by atoms with Gasteiger partial charge in [-0.1, -0.05) is 29.8 Å². The van der Waals surface area contributed by atoms with Crippen LogP contribution in [0.25, 0.3) is 17.0 Å². The second-order valence-corrected chi connectivity index (χ2v) is 7.92. The van der Waals surface area contributed by atoms with Crippen molar-refractivity contribution in [1.29, 1.82) is 0 Å². The van der Waals surface area contributed by atoms with Gasteiger partial charge in [0.1, 0.15) is 0 Å². The SMILES string of the molecule is Cc1ccc(S(=O)(=O)n2cc3c4c(cc(C)cc42)C=CC3=O)cc1. The Balaban J connectivity index is 2.06. The zero-order chi connectivity index (χ0) is 17.1. The standard InChI is InChI=1S/C19H15NO3S/c1-12-3-6-15(7-4-12)24(22,23)20-11-16-18(21)8-5-14-9-13(2)10-17(20)19(14)16/h3-11H,1-2H3. The minimum Gasteiger partial charge on any atom is -0.289 e. The third-order valence-electron chi connectivity index (χ3n) is 4.30. The van der Waals surface area contributed by atoms with Crippen molar-refractivity contribution in [3.63, 3.8) is 0 Å². The molecule has 0 fully saturated rings. The molecule has 1 aliphatic carbocycles. The van der Waals surface area contributed by atoms with Crippen molar-refractivity contribution in [3.05, 3.63) is 70.9 Å². The summed E-state index contributed by atoms with van der Waals surface area (Å²) in [6.07, 6.45) is 4.67. The Morgan fingerprint density at radius 3 is 2.33 bits per heavy atom. The molecule has 0 amide bonds. The molecule has 1 heterocycles. The van der Waals surface area contributed by atoms with Crippen molar-refractivity contribution < 1.29 is 13.2 Å². The number of aryl methyl sites for hydroxylation is 2. The molecule has 0 saturated heterocycles. The predicted octanol–water partition coefficient (Wildman–Crippen LogP) is 3.70. The highest BCUT2D eigenvalue weighted by atomic mass is 32.2. The summed E-state index contributed by atoms with van der Waals surface area (Å²) in [5.74, 6) is -0.172. The van der Waals surface area contributed by atoms with Gasteiger partial charge in [-0.3, -0.25) is 4.79 Å². The summed E-state index contributed by atoms with van der Waals surface area (Å²) >= 11 is 0. The topological polar surface area (TPSA) is 56.1 Å². The molecule has 0 bridgehead atoms. The fraction of sp³-hybridized carbons (Fsp3) is 0.105. The summed E-state index contributed by atoms with van der Waals surface area (Å²) in [6.45, 7) is 3.82. The second-order valence-electron chi connectivity index (χ2n) is 6.10. The number of hydrogen-bond acceptors (Lipinski definition) is 3. The Hall–Kier alpha value is -2.66. The highest BCUT2D eigenvalue weighted by Gasteiger charge is 2.26. The maximum absolute atomic E-state index is 13.1. The van der Waals surface area contributed by atoms with E-state index in [0.717, 1.165) is 16.7 Å². The van der Waals surface area contributed by atoms with Gasteiger partial charge in [-0.15, -0.1) is 0 Å². The number of ketones is 1. The summed E-state index contributed by atoms with van der Waals surface area (Å²) in [6, 6.07) is 10.5. The van der Waals surface area contributed by atoms with Crippen molar-refractivity contribution >= 4 is 32.8 Å². The summed E-state index contributed by atoms with van der Waals surface area (Å²) in [5.41, 5.74) is 3.78. The lowest BCUT2D eigenvalue weighted by molar-refractivity contribution is 0.104. The van der Waals surface area contributed by atoms with E-state index in [2.05, 4.69) is 0 Å². The normalized spacial score (nSPS) is 13.7. The van der Waals surface area contributed by atoms with Crippen LogP contribution in [0.4, 0.5) is 0 Å².